The van der Waals surface area contributed by atoms with Crippen LogP contribution in [-0.2, 0) is 4.79 Å². The number of carbonyl (C=O) groups is 1. The zero-order valence-corrected chi connectivity index (χ0v) is 14.7. The topological polar surface area (TPSA) is 46.5 Å². The normalized spacial score (nSPS) is 12.7. The van der Waals surface area contributed by atoms with Crippen molar-refractivity contribution >= 4 is 29.2 Å². The number of aliphatic carboxylic acids is 1. The quantitative estimate of drug-likeness (QED) is 0.785. The van der Waals surface area contributed by atoms with E-state index in [2.05, 4.69) is 0 Å². The fraction of sp³-hybridized carbons (Fsp3) is 0.278. The Kier molecular flexibility index (Phi) is 5.23. The summed E-state index contributed by atoms with van der Waals surface area (Å²) in [7, 11) is 0. The lowest BCUT2D eigenvalue weighted by atomic mass is 9.89. The lowest BCUT2D eigenvalue weighted by Gasteiger charge is -2.28. The molecule has 0 fully saturated rings. The van der Waals surface area contributed by atoms with Crippen LogP contribution in [0, 0.1) is 5.41 Å². The monoisotopic (exact) mass is 352 g/mol. The summed E-state index contributed by atoms with van der Waals surface area (Å²) in [5, 5.41) is 10.6. The van der Waals surface area contributed by atoms with Crippen molar-refractivity contribution in [2.45, 2.75) is 26.9 Å². The number of hydrogen-bond donors (Lipinski definition) is 1. The van der Waals surface area contributed by atoms with Gasteiger partial charge in [-0.2, -0.15) is 0 Å². The van der Waals surface area contributed by atoms with Gasteiger partial charge in [-0.25, -0.2) is 4.79 Å². The minimum absolute atomic E-state index is 0.471. The molecule has 0 saturated carbocycles. The van der Waals surface area contributed by atoms with Gasteiger partial charge in [0.1, 0.15) is 5.75 Å². The first-order valence-electron chi connectivity index (χ1n) is 7.13. The van der Waals surface area contributed by atoms with Gasteiger partial charge < -0.3 is 9.84 Å². The Morgan fingerprint density at radius 1 is 1.04 bits per heavy atom. The van der Waals surface area contributed by atoms with Crippen molar-refractivity contribution in [3.8, 4) is 16.9 Å². The lowest BCUT2D eigenvalue weighted by molar-refractivity contribution is -0.150. The van der Waals surface area contributed by atoms with E-state index in [0.29, 0.717) is 15.8 Å². The van der Waals surface area contributed by atoms with E-state index < -0.39 is 17.5 Å². The van der Waals surface area contributed by atoms with Crippen LogP contribution in [0.1, 0.15) is 20.8 Å². The molecule has 0 bridgehead atoms. The van der Waals surface area contributed by atoms with Crippen LogP contribution in [0.4, 0.5) is 0 Å². The van der Waals surface area contributed by atoms with Crippen LogP contribution in [0.15, 0.2) is 42.5 Å². The molecule has 5 heteroatoms. The molecular weight excluding hydrogens is 335 g/mol. The van der Waals surface area contributed by atoms with Gasteiger partial charge in [0.2, 0.25) is 0 Å². The summed E-state index contributed by atoms with van der Waals surface area (Å²) in [6.45, 7) is 5.47. The minimum atomic E-state index is -1.01. The predicted octanol–water partition coefficient (Wildman–Crippen LogP) is 5.54. The molecule has 0 heterocycles. The summed E-state index contributed by atoms with van der Waals surface area (Å²) in [4.78, 5) is 11.5. The predicted molar refractivity (Wildman–Crippen MR) is 93.4 cm³/mol. The molecule has 0 aliphatic heterocycles. The third-order valence-corrected chi connectivity index (χ3v) is 3.84. The fourth-order valence-electron chi connectivity index (χ4n) is 2.18. The van der Waals surface area contributed by atoms with Crippen molar-refractivity contribution in [3.63, 3.8) is 0 Å². The standard InChI is InChI=1S/C18H18Cl2O3/c1-18(2,3)16(17(21)22)23-15-9-8-13(20)10-14(15)11-4-6-12(19)7-5-11/h4-10,16H,1-3H3,(H,21,22). The molecule has 0 radical (unpaired) electrons. The second-order valence-corrected chi connectivity index (χ2v) is 7.22. The molecule has 2 rings (SSSR count). The van der Waals surface area contributed by atoms with Gasteiger partial charge in [0.15, 0.2) is 6.10 Å². The Morgan fingerprint density at radius 2 is 1.61 bits per heavy atom. The Morgan fingerprint density at radius 3 is 2.13 bits per heavy atom. The first-order chi connectivity index (χ1) is 10.7. The van der Waals surface area contributed by atoms with Gasteiger partial charge >= 0.3 is 5.97 Å². The van der Waals surface area contributed by atoms with Crippen molar-refractivity contribution < 1.29 is 14.6 Å². The molecule has 122 valence electrons. The molecule has 0 amide bonds. The third kappa shape index (κ3) is 4.40. The van der Waals surface area contributed by atoms with Crippen molar-refractivity contribution in [1.82, 2.24) is 0 Å². The smallest absolute Gasteiger partial charge is 0.345 e. The minimum Gasteiger partial charge on any atom is -0.478 e. The van der Waals surface area contributed by atoms with E-state index in [1.54, 1.807) is 30.3 Å². The zero-order valence-electron chi connectivity index (χ0n) is 13.1. The van der Waals surface area contributed by atoms with Gasteiger partial charge in [-0.1, -0.05) is 56.1 Å². The number of ether oxygens (including phenoxy) is 1. The van der Waals surface area contributed by atoms with Crippen LogP contribution in [0.25, 0.3) is 11.1 Å². The van der Waals surface area contributed by atoms with Crippen LogP contribution >= 0.6 is 23.2 Å². The molecule has 0 aliphatic rings. The summed E-state index contributed by atoms with van der Waals surface area (Å²) in [6.07, 6.45) is -0.977. The maximum atomic E-state index is 11.5. The van der Waals surface area contributed by atoms with Crippen molar-refractivity contribution in [1.29, 1.82) is 0 Å². The summed E-state index contributed by atoms with van der Waals surface area (Å²) >= 11 is 12.0. The Labute approximate surface area is 145 Å². The van der Waals surface area contributed by atoms with Gasteiger partial charge in [-0.3, -0.25) is 0 Å². The molecule has 0 aliphatic carbocycles. The molecule has 0 aromatic heterocycles. The maximum Gasteiger partial charge on any atom is 0.345 e. The van der Waals surface area contributed by atoms with Crippen LogP contribution in [0.2, 0.25) is 10.0 Å². The van der Waals surface area contributed by atoms with Gasteiger partial charge in [-0.05, 0) is 35.9 Å². The molecule has 1 atom stereocenters. The second-order valence-electron chi connectivity index (χ2n) is 6.35. The summed E-state index contributed by atoms with van der Waals surface area (Å²) in [6, 6.07) is 12.3. The number of carboxylic acids is 1. The van der Waals surface area contributed by atoms with Gasteiger partial charge in [0.05, 0.1) is 0 Å². The van der Waals surface area contributed by atoms with E-state index in [1.807, 2.05) is 32.9 Å². The summed E-state index contributed by atoms with van der Waals surface area (Å²) < 4.78 is 5.82. The number of halogens is 2. The molecule has 3 nitrogen and oxygen atoms in total. The SMILES string of the molecule is CC(C)(C)C(Oc1ccc(Cl)cc1-c1ccc(Cl)cc1)C(=O)O. The molecule has 0 spiro atoms. The first-order valence-corrected chi connectivity index (χ1v) is 7.89. The Bertz CT molecular complexity index is 703. The average molecular weight is 353 g/mol. The third-order valence-electron chi connectivity index (χ3n) is 3.35. The maximum absolute atomic E-state index is 11.5. The zero-order chi connectivity index (χ0) is 17.2. The Balaban J connectivity index is 2.47. The van der Waals surface area contributed by atoms with Crippen molar-refractivity contribution in [2.75, 3.05) is 0 Å². The van der Waals surface area contributed by atoms with E-state index in [1.165, 1.54) is 0 Å². The lowest BCUT2D eigenvalue weighted by Crippen LogP contribution is -2.39. The molecule has 2 aromatic carbocycles. The number of hydrogen-bond acceptors (Lipinski definition) is 2. The molecule has 1 N–H and O–H groups in total. The van der Waals surface area contributed by atoms with E-state index in [0.717, 1.165) is 11.1 Å². The highest BCUT2D eigenvalue weighted by atomic mass is 35.5. The molecule has 0 saturated heterocycles. The first kappa shape index (κ1) is 17.6. The molecule has 23 heavy (non-hydrogen) atoms. The van der Waals surface area contributed by atoms with E-state index in [-0.39, 0.29) is 0 Å². The van der Waals surface area contributed by atoms with Gasteiger partial charge in [0, 0.05) is 21.0 Å². The van der Waals surface area contributed by atoms with E-state index in [9.17, 15) is 9.90 Å². The second kappa shape index (κ2) is 6.81. The van der Waals surface area contributed by atoms with Crippen LogP contribution in [0.3, 0.4) is 0 Å². The molecule has 1 unspecified atom stereocenters. The summed E-state index contributed by atoms with van der Waals surface area (Å²) in [5.74, 6) is -0.534. The van der Waals surface area contributed by atoms with Gasteiger partial charge in [-0.15, -0.1) is 0 Å². The number of carboxylic acid groups (broad SMARTS) is 1. The highest BCUT2D eigenvalue weighted by Crippen LogP contribution is 2.36. The highest BCUT2D eigenvalue weighted by molar-refractivity contribution is 6.31. The Hall–Kier alpha value is -1.71. The van der Waals surface area contributed by atoms with E-state index in [4.69, 9.17) is 27.9 Å². The fourth-order valence-corrected chi connectivity index (χ4v) is 2.48. The summed E-state index contributed by atoms with van der Waals surface area (Å²) in [5.41, 5.74) is 1.03. The van der Waals surface area contributed by atoms with Crippen molar-refractivity contribution in [2.24, 2.45) is 5.41 Å². The largest absolute Gasteiger partial charge is 0.478 e. The van der Waals surface area contributed by atoms with E-state index >= 15 is 0 Å². The molecular formula is C18H18Cl2O3. The van der Waals surface area contributed by atoms with Crippen LogP contribution in [0.5, 0.6) is 5.75 Å². The highest BCUT2D eigenvalue weighted by Gasteiger charge is 2.34. The van der Waals surface area contributed by atoms with Crippen molar-refractivity contribution in [3.05, 3.63) is 52.5 Å². The number of benzene rings is 2. The van der Waals surface area contributed by atoms with Crippen LogP contribution in [-0.4, -0.2) is 17.2 Å². The van der Waals surface area contributed by atoms with Gasteiger partial charge in [0.25, 0.3) is 0 Å². The molecule has 2 aromatic rings. The average Bonchev–Trinajstić information content (AvgIpc) is 2.45. The van der Waals surface area contributed by atoms with Crippen LogP contribution < -0.4 is 4.74 Å². The number of rotatable bonds is 4.